The minimum atomic E-state index is -0.291. The quantitative estimate of drug-likeness (QED) is 0.641. The van der Waals surface area contributed by atoms with Crippen molar-refractivity contribution in [2.24, 2.45) is 7.05 Å². The van der Waals surface area contributed by atoms with Gasteiger partial charge in [0.05, 0.1) is 5.69 Å². The molecule has 4 nitrogen and oxygen atoms in total. The molecule has 1 aromatic heterocycles. The number of carbonyl (C=O) groups is 1. The fraction of sp³-hybridized carbons (Fsp3) is 0.556. The second-order valence-electron chi connectivity index (χ2n) is 3.01. The van der Waals surface area contributed by atoms with E-state index in [0.29, 0.717) is 18.4 Å². The van der Waals surface area contributed by atoms with Gasteiger partial charge in [-0.25, -0.2) is 0 Å². The topological polar surface area (TPSA) is 57.9 Å². The van der Waals surface area contributed by atoms with E-state index in [0.717, 1.165) is 12.8 Å². The lowest BCUT2D eigenvalue weighted by Gasteiger charge is -2.04. The minimum Gasteiger partial charge on any atom is -0.858 e. The van der Waals surface area contributed by atoms with Gasteiger partial charge in [0.15, 0.2) is 6.29 Å². The first-order valence-electron chi connectivity index (χ1n) is 4.38. The Balaban J connectivity index is 2.92. The molecule has 0 unspecified atom stereocenters. The largest absolute Gasteiger partial charge is 0.858 e. The molecule has 0 bridgehead atoms. The van der Waals surface area contributed by atoms with Crippen LogP contribution in [0.2, 0.25) is 0 Å². The fourth-order valence-electron chi connectivity index (χ4n) is 1.23. The van der Waals surface area contributed by atoms with Gasteiger partial charge in [-0.3, -0.25) is 9.48 Å². The third-order valence-corrected chi connectivity index (χ3v) is 1.99. The summed E-state index contributed by atoms with van der Waals surface area (Å²) >= 11 is 0. The zero-order valence-electron chi connectivity index (χ0n) is 7.91. The highest BCUT2D eigenvalue weighted by Gasteiger charge is 2.07. The van der Waals surface area contributed by atoms with Crippen LogP contribution in [0.1, 0.15) is 35.8 Å². The molecule has 1 heterocycles. The number of hydrogen-bond donors (Lipinski definition) is 0. The van der Waals surface area contributed by atoms with Crippen LogP contribution in [-0.2, 0) is 13.5 Å². The SMILES string of the molecule is CCCCc1nn(C)c([O-])c1C=O. The van der Waals surface area contributed by atoms with Crippen molar-refractivity contribution in [3.63, 3.8) is 0 Å². The summed E-state index contributed by atoms with van der Waals surface area (Å²) in [5.74, 6) is -0.291. The maximum Gasteiger partial charge on any atom is 0.152 e. The van der Waals surface area contributed by atoms with Gasteiger partial charge in [-0.1, -0.05) is 13.3 Å². The molecule has 0 radical (unpaired) electrons. The zero-order chi connectivity index (χ0) is 9.84. The number of aromatic nitrogens is 2. The Morgan fingerprint density at radius 3 is 2.85 bits per heavy atom. The number of hydrogen-bond acceptors (Lipinski definition) is 3. The van der Waals surface area contributed by atoms with Crippen molar-refractivity contribution in [1.29, 1.82) is 0 Å². The summed E-state index contributed by atoms with van der Waals surface area (Å²) in [6, 6.07) is 0. The number of unbranched alkanes of at least 4 members (excludes halogenated alkanes) is 1. The number of carbonyl (C=O) groups excluding carboxylic acids is 1. The second kappa shape index (κ2) is 4.07. The van der Waals surface area contributed by atoms with E-state index in [9.17, 15) is 9.90 Å². The maximum absolute atomic E-state index is 11.3. The standard InChI is InChI=1S/C9H14N2O2/c1-3-4-5-8-7(6-12)9(13)11(2)10-8/h6,13H,3-5H2,1-2H3/p-1. The van der Waals surface area contributed by atoms with E-state index >= 15 is 0 Å². The van der Waals surface area contributed by atoms with Gasteiger partial charge in [0.2, 0.25) is 0 Å². The third-order valence-electron chi connectivity index (χ3n) is 1.99. The number of rotatable bonds is 4. The number of nitrogens with zero attached hydrogens (tertiary/aromatic N) is 2. The van der Waals surface area contributed by atoms with Gasteiger partial charge in [0.25, 0.3) is 0 Å². The number of aldehydes is 1. The molecule has 0 amide bonds. The van der Waals surface area contributed by atoms with Crippen LogP contribution in [0.15, 0.2) is 0 Å². The van der Waals surface area contributed by atoms with E-state index in [1.807, 2.05) is 0 Å². The predicted molar refractivity (Wildman–Crippen MR) is 46.7 cm³/mol. The first kappa shape index (κ1) is 9.77. The summed E-state index contributed by atoms with van der Waals surface area (Å²) < 4.78 is 1.22. The van der Waals surface area contributed by atoms with Gasteiger partial charge in [-0.2, -0.15) is 5.10 Å². The molecule has 13 heavy (non-hydrogen) atoms. The molecule has 0 aliphatic carbocycles. The second-order valence-corrected chi connectivity index (χ2v) is 3.01. The van der Waals surface area contributed by atoms with Gasteiger partial charge >= 0.3 is 0 Å². The van der Waals surface area contributed by atoms with Gasteiger partial charge < -0.3 is 5.11 Å². The number of aryl methyl sites for hydroxylation is 2. The maximum atomic E-state index is 11.3. The lowest BCUT2D eigenvalue weighted by molar-refractivity contribution is -0.279. The molecule has 1 aromatic rings. The van der Waals surface area contributed by atoms with Crippen LogP contribution in [-0.4, -0.2) is 16.1 Å². The van der Waals surface area contributed by atoms with Gasteiger partial charge in [-0.15, -0.1) is 0 Å². The first-order valence-corrected chi connectivity index (χ1v) is 4.38. The van der Waals surface area contributed by atoms with Crippen LogP contribution in [0.4, 0.5) is 0 Å². The van der Waals surface area contributed by atoms with E-state index in [1.54, 1.807) is 7.05 Å². The van der Waals surface area contributed by atoms with Crippen molar-refractivity contribution in [2.75, 3.05) is 0 Å². The van der Waals surface area contributed by atoms with Crippen LogP contribution < -0.4 is 5.11 Å². The first-order chi connectivity index (χ1) is 6.20. The molecule has 0 aliphatic heterocycles. The van der Waals surface area contributed by atoms with Crippen molar-refractivity contribution >= 4 is 6.29 Å². The van der Waals surface area contributed by atoms with Crippen LogP contribution >= 0.6 is 0 Å². The van der Waals surface area contributed by atoms with Crippen molar-refractivity contribution in [2.45, 2.75) is 26.2 Å². The molecule has 0 atom stereocenters. The molecule has 0 fully saturated rings. The third kappa shape index (κ3) is 1.88. The molecule has 4 heteroatoms. The Morgan fingerprint density at radius 2 is 2.31 bits per heavy atom. The summed E-state index contributed by atoms with van der Waals surface area (Å²) in [7, 11) is 1.56. The Morgan fingerprint density at radius 1 is 1.62 bits per heavy atom. The van der Waals surface area contributed by atoms with Crippen LogP contribution in [0.3, 0.4) is 0 Å². The Kier molecular flexibility index (Phi) is 3.06. The Bertz CT molecular complexity index is 305. The highest BCUT2D eigenvalue weighted by molar-refractivity contribution is 5.79. The van der Waals surface area contributed by atoms with Crippen LogP contribution in [0.25, 0.3) is 0 Å². The van der Waals surface area contributed by atoms with Gasteiger partial charge in [0.1, 0.15) is 0 Å². The zero-order valence-corrected chi connectivity index (χ0v) is 7.91. The van der Waals surface area contributed by atoms with E-state index in [4.69, 9.17) is 0 Å². The molecule has 72 valence electrons. The molecular weight excluding hydrogens is 168 g/mol. The lowest BCUT2D eigenvalue weighted by Crippen LogP contribution is -2.01. The summed E-state index contributed by atoms with van der Waals surface area (Å²) in [5, 5.41) is 15.2. The van der Waals surface area contributed by atoms with E-state index < -0.39 is 0 Å². The predicted octanol–water partition coefficient (Wildman–Crippen LogP) is 0.649. The molecule has 0 aromatic carbocycles. The monoisotopic (exact) mass is 181 g/mol. The summed E-state index contributed by atoms with van der Waals surface area (Å²) in [4.78, 5) is 10.6. The lowest BCUT2D eigenvalue weighted by atomic mass is 10.1. The average molecular weight is 181 g/mol. The van der Waals surface area contributed by atoms with Crippen molar-refractivity contribution in [3.8, 4) is 5.88 Å². The Labute approximate surface area is 77.2 Å². The molecule has 0 saturated carbocycles. The highest BCUT2D eigenvalue weighted by atomic mass is 16.3. The Hall–Kier alpha value is -1.32. The van der Waals surface area contributed by atoms with Gasteiger partial charge in [0, 0.05) is 12.6 Å². The van der Waals surface area contributed by atoms with E-state index in [-0.39, 0.29) is 11.4 Å². The molecule has 0 N–H and O–H groups in total. The average Bonchev–Trinajstić information content (AvgIpc) is 2.39. The van der Waals surface area contributed by atoms with E-state index in [1.165, 1.54) is 4.68 Å². The fourth-order valence-corrected chi connectivity index (χ4v) is 1.23. The molecule has 1 rings (SSSR count). The van der Waals surface area contributed by atoms with Crippen LogP contribution in [0.5, 0.6) is 5.88 Å². The smallest absolute Gasteiger partial charge is 0.152 e. The summed E-state index contributed by atoms with van der Waals surface area (Å²) in [5.41, 5.74) is 0.848. The molecular formula is C9H13N2O2-. The van der Waals surface area contributed by atoms with Crippen molar-refractivity contribution in [3.05, 3.63) is 11.3 Å². The highest BCUT2D eigenvalue weighted by Crippen LogP contribution is 2.16. The molecule has 0 aliphatic rings. The normalized spacial score (nSPS) is 10.3. The minimum absolute atomic E-state index is 0.218. The summed E-state index contributed by atoms with van der Waals surface area (Å²) in [6.45, 7) is 2.06. The van der Waals surface area contributed by atoms with Gasteiger partial charge in [-0.05, 0) is 18.7 Å². The molecule has 0 saturated heterocycles. The van der Waals surface area contributed by atoms with Crippen LogP contribution in [0, 0.1) is 0 Å². The summed E-state index contributed by atoms with van der Waals surface area (Å²) in [6.07, 6.45) is 3.29. The van der Waals surface area contributed by atoms with Crippen molar-refractivity contribution < 1.29 is 9.90 Å². The van der Waals surface area contributed by atoms with Crippen molar-refractivity contribution in [1.82, 2.24) is 9.78 Å². The van der Waals surface area contributed by atoms with E-state index in [2.05, 4.69) is 12.0 Å². The molecule has 0 spiro atoms.